The Morgan fingerprint density at radius 3 is 2.95 bits per heavy atom. The molecule has 0 aliphatic heterocycles. The summed E-state index contributed by atoms with van der Waals surface area (Å²) in [5.74, 6) is 1.46. The maximum Gasteiger partial charge on any atom is 0.165 e. The number of rotatable bonds is 5. The van der Waals surface area contributed by atoms with Gasteiger partial charge in [-0.3, -0.25) is 0 Å². The van der Waals surface area contributed by atoms with E-state index in [-0.39, 0.29) is 5.69 Å². The van der Waals surface area contributed by atoms with Crippen molar-refractivity contribution in [3.8, 4) is 11.8 Å². The number of nitrogens with one attached hydrogen (secondary N) is 1. The van der Waals surface area contributed by atoms with Crippen LogP contribution in [0.4, 0.5) is 11.5 Å². The van der Waals surface area contributed by atoms with Gasteiger partial charge < -0.3 is 15.8 Å². The molecule has 2 aromatic rings. The summed E-state index contributed by atoms with van der Waals surface area (Å²) >= 11 is 0. The Bertz CT molecular complexity index is 634. The number of pyridine rings is 1. The van der Waals surface area contributed by atoms with Gasteiger partial charge in [-0.15, -0.1) is 0 Å². The van der Waals surface area contributed by atoms with E-state index >= 15 is 0 Å². The molecule has 0 saturated heterocycles. The van der Waals surface area contributed by atoms with Crippen LogP contribution >= 0.6 is 0 Å². The molecule has 2 rings (SSSR count). The molecule has 5 nitrogen and oxygen atoms in total. The molecule has 20 heavy (non-hydrogen) atoms. The average molecular weight is 268 g/mol. The number of nitriles is 1. The van der Waals surface area contributed by atoms with Crippen molar-refractivity contribution in [2.75, 3.05) is 24.2 Å². The predicted octanol–water partition coefficient (Wildman–Crippen LogP) is 2.33. The number of nitrogen functional groups attached to an aromatic ring is 1. The fourth-order valence-corrected chi connectivity index (χ4v) is 1.71. The summed E-state index contributed by atoms with van der Waals surface area (Å²) in [6.45, 7) is 3.12. The van der Waals surface area contributed by atoms with Gasteiger partial charge in [0.1, 0.15) is 24.2 Å². The number of nitrogens with two attached hydrogens (primary N) is 1. The van der Waals surface area contributed by atoms with Gasteiger partial charge in [-0.05, 0) is 36.8 Å². The van der Waals surface area contributed by atoms with Crippen LogP contribution in [0.15, 0.2) is 36.4 Å². The summed E-state index contributed by atoms with van der Waals surface area (Å²) in [4.78, 5) is 4.10. The molecule has 5 heteroatoms. The van der Waals surface area contributed by atoms with E-state index in [0.29, 0.717) is 24.7 Å². The second-order valence-electron chi connectivity index (χ2n) is 4.34. The molecule has 0 aliphatic carbocycles. The highest BCUT2D eigenvalue weighted by Crippen LogP contribution is 2.13. The summed E-state index contributed by atoms with van der Waals surface area (Å²) in [5, 5.41) is 11.9. The number of aryl methyl sites for hydroxylation is 1. The van der Waals surface area contributed by atoms with E-state index in [1.807, 2.05) is 37.3 Å². The predicted molar refractivity (Wildman–Crippen MR) is 78.5 cm³/mol. The minimum atomic E-state index is 0.231. The molecule has 0 saturated carbocycles. The zero-order valence-corrected chi connectivity index (χ0v) is 11.3. The van der Waals surface area contributed by atoms with Gasteiger partial charge in [0.15, 0.2) is 5.69 Å². The van der Waals surface area contributed by atoms with Crippen molar-refractivity contribution in [1.82, 2.24) is 4.98 Å². The highest BCUT2D eigenvalue weighted by atomic mass is 16.5. The lowest BCUT2D eigenvalue weighted by atomic mass is 10.2. The molecule has 0 atom stereocenters. The van der Waals surface area contributed by atoms with E-state index in [4.69, 9.17) is 15.7 Å². The van der Waals surface area contributed by atoms with Gasteiger partial charge in [0.25, 0.3) is 0 Å². The second-order valence-corrected chi connectivity index (χ2v) is 4.34. The van der Waals surface area contributed by atoms with Crippen molar-refractivity contribution >= 4 is 11.5 Å². The van der Waals surface area contributed by atoms with Gasteiger partial charge in [-0.2, -0.15) is 5.26 Å². The van der Waals surface area contributed by atoms with Crippen molar-refractivity contribution in [3.63, 3.8) is 0 Å². The topological polar surface area (TPSA) is 84.0 Å². The summed E-state index contributed by atoms with van der Waals surface area (Å²) in [6.07, 6.45) is 0. The third kappa shape index (κ3) is 3.62. The lowest BCUT2D eigenvalue weighted by Crippen LogP contribution is -2.12. The molecule has 3 N–H and O–H groups in total. The Balaban J connectivity index is 1.83. The van der Waals surface area contributed by atoms with Crippen molar-refractivity contribution in [1.29, 1.82) is 5.26 Å². The van der Waals surface area contributed by atoms with Crippen LogP contribution in [0.5, 0.6) is 5.75 Å². The van der Waals surface area contributed by atoms with Crippen LogP contribution in [0.25, 0.3) is 0 Å². The average Bonchev–Trinajstić information content (AvgIpc) is 2.45. The molecule has 0 unspecified atom stereocenters. The first kappa shape index (κ1) is 13.7. The van der Waals surface area contributed by atoms with Gasteiger partial charge in [-0.1, -0.05) is 12.1 Å². The van der Waals surface area contributed by atoms with Gasteiger partial charge in [0, 0.05) is 0 Å². The summed E-state index contributed by atoms with van der Waals surface area (Å²) in [5.41, 5.74) is 7.38. The number of hydrogen-bond acceptors (Lipinski definition) is 5. The molecule has 1 aromatic heterocycles. The Morgan fingerprint density at radius 1 is 1.35 bits per heavy atom. The smallest absolute Gasteiger partial charge is 0.165 e. The van der Waals surface area contributed by atoms with E-state index in [2.05, 4.69) is 10.3 Å². The minimum Gasteiger partial charge on any atom is -0.492 e. The monoisotopic (exact) mass is 268 g/mol. The summed E-state index contributed by atoms with van der Waals surface area (Å²) in [7, 11) is 0. The number of nitrogens with zero attached hydrogens (tertiary/aromatic N) is 2. The lowest BCUT2D eigenvalue weighted by Gasteiger charge is -2.09. The SMILES string of the molecule is Cc1cccc(OCCNc2ccc(N)c(C#N)n2)c1. The quantitative estimate of drug-likeness (QED) is 0.813. The fourth-order valence-electron chi connectivity index (χ4n) is 1.71. The molecular weight excluding hydrogens is 252 g/mol. The zero-order valence-electron chi connectivity index (χ0n) is 11.3. The summed E-state index contributed by atoms with van der Waals surface area (Å²) < 4.78 is 5.61. The molecular formula is C15H16N4O. The molecule has 0 bridgehead atoms. The highest BCUT2D eigenvalue weighted by Gasteiger charge is 2.01. The maximum atomic E-state index is 8.84. The van der Waals surface area contributed by atoms with Crippen molar-refractivity contribution in [2.45, 2.75) is 6.92 Å². The third-order valence-electron chi connectivity index (χ3n) is 2.70. The van der Waals surface area contributed by atoms with Crippen LogP contribution in [0.3, 0.4) is 0 Å². The number of hydrogen-bond donors (Lipinski definition) is 2. The molecule has 0 fully saturated rings. The molecule has 0 radical (unpaired) electrons. The number of aromatic nitrogens is 1. The Kier molecular flexibility index (Phi) is 4.40. The largest absolute Gasteiger partial charge is 0.492 e. The van der Waals surface area contributed by atoms with Crippen molar-refractivity contribution in [2.24, 2.45) is 0 Å². The first-order valence-electron chi connectivity index (χ1n) is 6.29. The molecule has 1 aromatic carbocycles. The summed E-state index contributed by atoms with van der Waals surface area (Å²) in [6, 6.07) is 13.2. The van der Waals surface area contributed by atoms with Gasteiger partial charge >= 0.3 is 0 Å². The van der Waals surface area contributed by atoms with Crippen LogP contribution < -0.4 is 15.8 Å². The van der Waals surface area contributed by atoms with E-state index in [1.165, 1.54) is 0 Å². The first-order valence-corrected chi connectivity index (χ1v) is 6.29. The van der Waals surface area contributed by atoms with E-state index < -0.39 is 0 Å². The maximum absolute atomic E-state index is 8.84. The minimum absolute atomic E-state index is 0.231. The zero-order chi connectivity index (χ0) is 14.4. The van der Waals surface area contributed by atoms with Crippen molar-refractivity contribution < 1.29 is 4.74 Å². The van der Waals surface area contributed by atoms with Crippen LogP contribution in [0.2, 0.25) is 0 Å². The van der Waals surface area contributed by atoms with Gasteiger partial charge in [-0.25, -0.2) is 4.98 Å². The van der Waals surface area contributed by atoms with E-state index in [9.17, 15) is 0 Å². The fraction of sp³-hybridized carbons (Fsp3) is 0.200. The molecule has 0 aliphatic rings. The second kappa shape index (κ2) is 6.43. The first-order chi connectivity index (χ1) is 9.69. The normalized spacial score (nSPS) is 9.80. The molecule has 0 amide bonds. The van der Waals surface area contributed by atoms with Gasteiger partial charge in [0.05, 0.1) is 12.2 Å². The Morgan fingerprint density at radius 2 is 2.20 bits per heavy atom. The van der Waals surface area contributed by atoms with E-state index in [1.54, 1.807) is 12.1 Å². The van der Waals surface area contributed by atoms with Crippen LogP contribution in [-0.2, 0) is 0 Å². The Labute approximate surface area is 118 Å². The molecule has 0 spiro atoms. The van der Waals surface area contributed by atoms with Crippen LogP contribution in [0, 0.1) is 18.3 Å². The highest BCUT2D eigenvalue weighted by molar-refractivity contribution is 5.54. The Hall–Kier alpha value is -2.74. The molecule has 102 valence electrons. The van der Waals surface area contributed by atoms with Crippen molar-refractivity contribution in [3.05, 3.63) is 47.7 Å². The van der Waals surface area contributed by atoms with Crippen LogP contribution in [0.1, 0.15) is 11.3 Å². The lowest BCUT2D eigenvalue weighted by molar-refractivity contribution is 0.332. The number of benzene rings is 1. The van der Waals surface area contributed by atoms with E-state index in [0.717, 1.165) is 11.3 Å². The molecule has 1 heterocycles. The standard InChI is InChI=1S/C15H16N4O/c1-11-3-2-4-12(9-11)20-8-7-18-15-6-5-13(17)14(10-16)19-15/h2-6,9H,7-8,17H2,1H3,(H,18,19). The van der Waals surface area contributed by atoms with Crippen LogP contribution in [-0.4, -0.2) is 18.1 Å². The van der Waals surface area contributed by atoms with Gasteiger partial charge in [0.2, 0.25) is 0 Å². The number of anilines is 2. The number of ether oxygens (including phenoxy) is 1. The third-order valence-corrected chi connectivity index (χ3v) is 2.70.